The lowest BCUT2D eigenvalue weighted by Crippen LogP contribution is -2.34. The van der Waals surface area contributed by atoms with Gasteiger partial charge in [0, 0.05) is 12.5 Å². The van der Waals surface area contributed by atoms with E-state index in [1.54, 1.807) is 0 Å². The maximum absolute atomic E-state index is 6.08. The van der Waals surface area contributed by atoms with Gasteiger partial charge < -0.3 is 10.2 Å². The highest BCUT2D eigenvalue weighted by Crippen LogP contribution is 2.47. The second-order valence-corrected chi connectivity index (χ2v) is 5.85. The van der Waals surface area contributed by atoms with Crippen molar-refractivity contribution in [1.29, 1.82) is 0 Å². The maximum Gasteiger partial charge on any atom is 0.122 e. The van der Waals surface area contributed by atoms with Gasteiger partial charge in [0.15, 0.2) is 0 Å². The Morgan fingerprint density at radius 2 is 1.95 bits per heavy atom. The van der Waals surface area contributed by atoms with Crippen molar-refractivity contribution in [3.05, 3.63) is 23.7 Å². The molecule has 0 aliphatic heterocycles. The van der Waals surface area contributed by atoms with Crippen LogP contribution in [0.4, 0.5) is 0 Å². The molecule has 1 aromatic rings. The van der Waals surface area contributed by atoms with Gasteiger partial charge in [0.05, 0.1) is 6.04 Å². The normalized spacial score (nSPS) is 23.8. The molecule has 1 heterocycles. The summed E-state index contributed by atoms with van der Waals surface area (Å²) < 4.78 is 6.08. The zero-order valence-electron chi connectivity index (χ0n) is 12.6. The van der Waals surface area contributed by atoms with Crippen molar-refractivity contribution in [2.24, 2.45) is 11.7 Å². The van der Waals surface area contributed by atoms with Crippen molar-refractivity contribution in [2.75, 3.05) is 19.6 Å². The van der Waals surface area contributed by atoms with Gasteiger partial charge in [0.1, 0.15) is 11.5 Å². The Hall–Kier alpha value is -0.800. The molecule has 0 radical (unpaired) electrons. The molecule has 3 atom stereocenters. The minimum atomic E-state index is 0.239. The van der Waals surface area contributed by atoms with E-state index in [4.69, 9.17) is 10.2 Å². The monoisotopic (exact) mass is 264 g/mol. The van der Waals surface area contributed by atoms with E-state index in [0.29, 0.717) is 12.5 Å². The molecule has 1 saturated carbocycles. The van der Waals surface area contributed by atoms with Crippen molar-refractivity contribution in [2.45, 2.75) is 52.0 Å². The van der Waals surface area contributed by atoms with E-state index in [9.17, 15) is 0 Å². The highest BCUT2D eigenvalue weighted by molar-refractivity contribution is 5.19. The molecule has 108 valence electrons. The molecule has 3 heteroatoms. The van der Waals surface area contributed by atoms with Gasteiger partial charge in [-0.1, -0.05) is 20.8 Å². The molecule has 1 aliphatic rings. The lowest BCUT2D eigenvalue weighted by molar-refractivity contribution is 0.177. The molecule has 0 spiro atoms. The molecular formula is C16H28N2O. The van der Waals surface area contributed by atoms with Gasteiger partial charge in [0.2, 0.25) is 0 Å². The van der Waals surface area contributed by atoms with Crippen molar-refractivity contribution in [1.82, 2.24) is 4.90 Å². The summed E-state index contributed by atoms with van der Waals surface area (Å²) in [7, 11) is 0. The van der Waals surface area contributed by atoms with Gasteiger partial charge in [-0.2, -0.15) is 0 Å². The number of nitrogens with zero attached hydrogens (tertiary/aromatic N) is 1. The zero-order chi connectivity index (χ0) is 13.8. The number of furan rings is 1. The molecule has 2 rings (SSSR count). The van der Waals surface area contributed by atoms with Crippen LogP contribution in [0.5, 0.6) is 0 Å². The second-order valence-electron chi connectivity index (χ2n) is 5.85. The van der Waals surface area contributed by atoms with Crippen LogP contribution in [-0.4, -0.2) is 24.5 Å². The lowest BCUT2D eigenvalue weighted by Gasteiger charge is -2.28. The molecule has 2 N–H and O–H groups in total. The SMILES string of the molecule is CCCN(CCC)C(CN)c1ccc(C2CC2C)o1. The van der Waals surface area contributed by atoms with Gasteiger partial charge in [-0.3, -0.25) is 4.90 Å². The molecule has 3 nitrogen and oxygen atoms in total. The fourth-order valence-corrected chi connectivity index (χ4v) is 2.91. The Morgan fingerprint density at radius 1 is 1.32 bits per heavy atom. The predicted octanol–water partition coefficient (Wildman–Crippen LogP) is 3.52. The Kier molecular flexibility index (Phi) is 5.06. The Morgan fingerprint density at radius 3 is 2.42 bits per heavy atom. The van der Waals surface area contributed by atoms with Crippen molar-refractivity contribution < 1.29 is 4.42 Å². The van der Waals surface area contributed by atoms with Crippen LogP contribution in [0.15, 0.2) is 16.5 Å². The summed E-state index contributed by atoms with van der Waals surface area (Å²) >= 11 is 0. The molecule has 0 bridgehead atoms. The smallest absolute Gasteiger partial charge is 0.122 e. The highest BCUT2D eigenvalue weighted by Gasteiger charge is 2.37. The van der Waals surface area contributed by atoms with Crippen LogP contribution < -0.4 is 5.73 Å². The van der Waals surface area contributed by atoms with E-state index in [1.165, 1.54) is 6.42 Å². The van der Waals surface area contributed by atoms with Crippen molar-refractivity contribution in [3.8, 4) is 0 Å². The van der Waals surface area contributed by atoms with Crippen LogP contribution in [0.2, 0.25) is 0 Å². The van der Waals surface area contributed by atoms with Gasteiger partial charge in [-0.25, -0.2) is 0 Å². The summed E-state index contributed by atoms with van der Waals surface area (Å²) in [5.41, 5.74) is 5.99. The molecule has 3 unspecified atom stereocenters. The van der Waals surface area contributed by atoms with E-state index < -0.39 is 0 Å². The fourth-order valence-electron chi connectivity index (χ4n) is 2.91. The molecule has 19 heavy (non-hydrogen) atoms. The summed E-state index contributed by atoms with van der Waals surface area (Å²) in [5, 5.41) is 0. The van der Waals surface area contributed by atoms with Gasteiger partial charge in [-0.15, -0.1) is 0 Å². The molecule has 0 saturated heterocycles. The molecule has 1 aromatic heterocycles. The van der Waals surface area contributed by atoms with Crippen LogP contribution in [-0.2, 0) is 0 Å². The fraction of sp³-hybridized carbons (Fsp3) is 0.750. The Bertz CT molecular complexity index is 382. The van der Waals surface area contributed by atoms with E-state index in [-0.39, 0.29) is 6.04 Å². The Balaban J connectivity index is 2.08. The minimum Gasteiger partial charge on any atom is -0.464 e. The first-order valence-electron chi connectivity index (χ1n) is 7.74. The van der Waals surface area contributed by atoms with E-state index in [2.05, 4.69) is 37.8 Å². The number of hydrogen-bond donors (Lipinski definition) is 1. The molecule has 0 amide bonds. The molecule has 1 fully saturated rings. The topological polar surface area (TPSA) is 42.4 Å². The van der Waals surface area contributed by atoms with Gasteiger partial charge in [-0.05, 0) is 50.4 Å². The number of rotatable bonds is 8. The standard InChI is InChI=1S/C16H28N2O/c1-4-8-18(9-5-2)14(11-17)16-7-6-15(19-16)13-10-12(13)3/h6-7,12-14H,4-5,8-11,17H2,1-3H3. The highest BCUT2D eigenvalue weighted by atomic mass is 16.3. The molecular weight excluding hydrogens is 236 g/mol. The summed E-state index contributed by atoms with van der Waals surface area (Å²) in [5.74, 6) is 3.66. The summed E-state index contributed by atoms with van der Waals surface area (Å²) in [6.45, 7) is 9.53. The first kappa shape index (κ1) is 14.6. The van der Waals surface area contributed by atoms with E-state index in [0.717, 1.165) is 43.4 Å². The van der Waals surface area contributed by atoms with Gasteiger partial charge in [0.25, 0.3) is 0 Å². The summed E-state index contributed by atoms with van der Waals surface area (Å²) in [4.78, 5) is 2.46. The third-order valence-corrected chi connectivity index (χ3v) is 4.14. The van der Waals surface area contributed by atoms with Gasteiger partial charge >= 0.3 is 0 Å². The molecule has 0 aromatic carbocycles. The van der Waals surface area contributed by atoms with Crippen LogP contribution in [0.1, 0.15) is 63.5 Å². The van der Waals surface area contributed by atoms with E-state index in [1.807, 2.05) is 0 Å². The Labute approximate surface area is 117 Å². The van der Waals surface area contributed by atoms with Crippen molar-refractivity contribution >= 4 is 0 Å². The van der Waals surface area contributed by atoms with Crippen LogP contribution in [0.25, 0.3) is 0 Å². The van der Waals surface area contributed by atoms with E-state index >= 15 is 0 Å². The maximum atomic E-state index is 6.08. The zero-order valence-corrected chi connectivity index (χ0v) is 12.6. The average Bonchev–Trinajstić information content (AvgIpc) is 2.93. The molecule has 1 aliphatic carbocycles. The predicted molar refractivity (Wildman–Crippen MR) is 79.2 cm³/mol. The van der Waals surface area contributed by atoms with Crippen molar-refractivity contribution in [3.63, 3.8) is 0 Å². The van der Waals surface area contributed by atoms with Crippen LogP contribution >= 0.6 is 0 Å². The quantitative estimate of drug-likeness (QED) is 0.781. The number of hydrogen-bond acceptors (Lipinski definition) is 3. The summed E-state index contributed by atoms with van der Waals surface area (Å²) in [6.07, 6.45) is 3.58. The first-order chi connectivity index (χ1) is 9.21. The minimum absolute atomic E-state index is 0.239. The lowest BCUT2D eigenvalue weighted by atomic mass is 10.1. The third-order valence-electron chi connectivity index (χ3n) is 4.14. The van der Waals surface area contributed by atoms with Crippen LogP contribution in [0, 0.1) is 5.92 Å². The van der Waals surface area contributed by atoms with Crippen LogP contribution in [0.3, 0.4) is 0 Å². The first-order valence-corrected chi connectivity index (χ1v) is 7.74. The number of nitrogens with two attached hydrogens (primary N) is 1. The average molecular weight is 264 g/mol. The largest absolute Gasteiger partial charge is 0.464 e. The summed E-state index contributed by atoms with van der Waals surface area (Å²) in [6, 6.07) is 4.53. The second kappa shape index (κ2) is 6.58. The third kappa shape index (κ3) is 3.40.